The monoisotopic (exact) mass is 371 g/mol. The van der Waals surface area contributed by atoms with Crippen LogP contribution in [0.5, 0.6) is 0 Å². The van der Waals surface area contributed by atoms with E-state index in [4.69, 9.17) is 0 Å². The zero-order valence-corrected chi connectivity index (χ0v) is 15.6. The Labute approximate surface area is 148 Å². The first-order valence-corrected chi connectivity index (χ1v) is 10.8. The molecule has 0 radical (unpaired) electrons. The molecule has 2 N–H and O–H groups in total. The van der Waals surface area contributed by atoms with E-state index in [-0.39, 0.29) is 5.75 Å². The summed E-state index contributed by atoms with van der Waals surface area (Å²) >= 11 is 1.80. The molecule has 0 spiro atoms. The molecule has 1 aromatic rings. The quantitative estimate of drug-likeness (QED) is 0.525. The predicted octanol–water partition coefficient (Wildman–Crippen LogP) is 0.168. The van der Waals surface area contributed by atoms with Crippen LogP contribution in [0.25, 0.3) is 0 Å². The van der Waals surface area contributed by atoms with E-state index in [9.17, 15) is 8.42 Å². The van der Waals surface area contributed by atoms with Gasteiger partial charge in [-0.25, -0.2) is 12.7 Å². The molecule has 1 aromatic heterocycles. The lowest BCUT2D eigenvalue weighted by atomic mass is 10.3. The van der Waals surface area contributed by atoms with E-state index in [0.29, 0.717) is 32.1 Å². The van der Waals surface area contributed by atoms with Crippen molar-refractivity contribution in [2.24, 2.45) is 4.99 Å². The zero-order valence-electron chi connectivity index (χ0n) is 13.9. The second-order valence-electron chi connectivity index (χ2n) is 5.32. The van der Waals surface area contributed by atoms with Crippen LogP contribution < -0.4 is 10.6 Å². The number of sulfonamides is 1. The summed E-state index contributed by atoms with van der Waals surface area (Å²) in [5, 5.41) is 6.23. The van der Waals surface area contributed by atoms with E-state index in [2.05, 4.69) is 20.6 Å². The number of aromatic nitrogens is 1. The van der Waals surface area contributed by atoms with Gasteiger partial charge in [0, 0.05) is 63.0 Å². The molecule has 0 aliphatic carbocycles. The van der Waals surface area contributed by atoms with Crippen LogP contribution in [-0.4, -0.2) is 74.2 Å². The van der Waals surface area contributed by atoms with Crippen LogP contribution in [0.15, 0.2) is 29.4 Å². The van der Waals surface area contributed by atoms with Crippen molar-refractivity contribution in [1.29, 1.82) is 0 Å². The van der Waals surface area contributed by atoms with Gasteiger partial charge in [-0.15, -0.1) is 0 Å². The van der Waals surface area contributed by atoms with Crippen molar-refractivity contribution < 1.29 is 8.42 Å². The predicted molar refractivity (Wildman–Crippen MR) is 100.0 cm³/mol. The number of pyridine rings is 1. The molecule has 2 heterocycles. The number of thioether (sulfide) groups is 1. The largest absolute Gasteiger partial charge is 0.356 e. The van der Waals surface area contributed by atoms with Crippen molar-refractivity contribution in [3.05, 3.63) is 30.1 Å². The molecule has 7 nitrogen and oxygen atoms in total. The minimum Gasteiger partial charge on any atom is -0.356 e. The molecule has 1 aliphatic heterocycles. The summed E-state index contributed by atoms with van der Waals surface area (Å²) in [6.07, 6.45) is 2.55. The third kappa shape index (κ3) is 6.29. The second-order valence-corrected chi connectivity index (χ2v) is 8.64. The van der Waals surface area contributed by atoms with Gasteiger partial charge in [-0.2, -0.15) is 11.8 Å². The van der Waals surface area contributed by atoms with E-state index in [1.54, 1.807) is 29.3 Å². The molecule has 2 rings (SSSR count). The van der Waals surface area contributed by atoms with Crippen molar-refractivity contribution in [2.75, 3.05) is 50.5 Å². The van der Waals surface area contributed by atoms with Crippen molar-refractivity contribution in [3.63, 3.8) is 0 Å². The Balaban J connectivity index is 1.69. The summed E-state index contributed by atoms with van der Waals surface area (Å²) in [5.41, 5.74) is 1.01. The average Bonchev–Trinajstić information content (AvgIpc) is 2.62. The fourth-order valence-electron chi connectivity index (χ4n) is 2.33. The normalized spacial score (nSPS) is 16.8. The summed E-state index contributed by atoms with van der Waals surface area (Å²) < 4.78 is 26.1. The molecule has 134 valence electrons. The zero-order chi connectivity index (χ0) is 17.3. The van der Waals surface area contributed by atoms with Gasteiger partial charge in [-0.3, -0.25) is 9.98 Å². The molecule has 0 aromatic carbocycles. The molecular weight excluding hydrogens is 346 g/mol. The lowest BCUT2D eigenvalue weighted by molar-refractivity contribution is 0.443. The number of guanidine groups is 1. The van der Waals surface area contributed by atoms with E-state index in [1.165, 1.54) is 0 Å². The Bertz CT molecular complexity index is 616. The van der Waals surface area contributed by atoms with E-state index in [1.807, 2.05) is 18.2 Å². The number of rotatable bonds is 7. The van der Waals surface area contributed by atoms with Gasteiger partial charge in [0.05, 0.1) is 5.75 Å². The van der Waals surface area contributed by atoms with Gasteiger partial charge in [0.15, 0.2) is 5.96 Å². The van der Waals surface area contributed by atoms with Crippen molar-refractivity contribution in [1.82, 2.24) is 19.9 Å². The molecular formula is C15H25N5O2S2. The second kappa shape index (κ2) is 9.85. The third-order valence-electron chi connectivity index (χ3n) is 3.64. The molecule has 0 unspecified atom stereocenters. The molecule has 0 bridgehead atoms. The molecule has 24 heavy (non-hydrogen) atoms. The van der Waals surface area contributed by atoms with Crippen LogP contribution in [0.1, 0.15) is 5.69 Å². The van der Waals surface area contributed by atoms with E-state index >= 15 is 0 Å². The molecule has 1 fully saturated rings. The van der Waals surface area contributed by atoms with Crippen LogP contribution in [0.4, 0.5) is 0 Å². The fourth-order valence-corrected chi connectivity index (χ4v) is 4.82. The molecule has 9 heteroatoms. The number of nitrogens with zero attached hydrogens (tertiary/aromatic N) is 3. The highest BCUT2D eigenvalue weighted by molar-refractivity contribution is 7.99. The summed E-state index contributed by atoms with van der Waals surface area (Å²) in [7, 11) is -1.51. The molecule has 1 aliphatic rings. The number of aliphatic imine (C=N–C) groups is 1. The summed E-state index contributed by atoms with van der Waals surface area (Å²) in [6.45, 7) is 2.26. The van der Waals surface area contributed by atoms with Crippen molar-refractivity contribution in [2.45, 2.75) is 6.42 Å². The first-order chi connectivity index (χ1) is 11.6. The van der Waals surface area contributed by atoms with Gasteiger partial charge in [-0.1, -0.05) is 6.07 Å². The van der Waals surface area contributed by atoms with Crippen LogP contribution in [0.2, 0.25) is 0 Å². The smallest absolute Gasteiger partial charge is 0.215 e. The Kier molecular flexibility index (Phi) is 7.80. The lowest BCUT2D eigenvalue weighted by Gasteiger charge is -2.25. The lowest BCUT2D eigenvalue weighted by Crippen LogP contribution is -2.44. The first kappa shape index (κ1) is 19.0. The number of hydrogen-bond donors (Lipinski definition) is 2. The molecule has 0 saturated carbocycles. The van der Waals surface area contributed by atoms with Crippen molar-refractivity contribution in [3.8, 4) is 0 Å². The average molecular weight is 372 g/mol. The minimum absolute atomic E-state index is 0.0820. The van der Waals surface area contributed by atoms with Gasteiger partial charge in [0.2, 0.25) is 10.0 Å². The maximum Gasteiger partial charge on any atom is 0.215 e. The molecule has 0 amide bonds. The van der Waals surface area contributed by atoms with Gasteiger partial charge in [0.1, 0.15) is 0 Å². The Morgan fingerprint density at radius 3 is 2.71 bits per heavy atom. The van der Waals surface area contributed by atoms with E-state index in [0.717, 1.165) is 23.6 Å². The molecule has 0 atom stereocenters. The highest BCUT2D eigenvalue weighted by Gasteiger charge is 2.23. The summed E-state index contributed by atoms with van der Waals surface area (Å²) in [4.78, 5) is 8.37. The van der Waals surface area contributed by atoms with Crippen LogP contribution in [0, 0.1) is 0 Å². The standard InChI is InChI=1S/C15H25N5O2S2/c1-16-15(18-7-5-14-4-2-3-6-17-14)19-8-13-24(21,22)20-9-11-23-12-10-20/h2-4,6H,5,7-13H2,1H3,(H2,16,18,19). The maximum absolute atomic E-state index is 12.3. The Hall–Kier alpha value is -1.32. The highest BCUT2D eigenvalue weighted by atomic mass is 32.2. The number of hydrogen-bond acceptors (Lipinski definition) is 5. The van der Waals surface area contributed by atoms with Crippen LogP contribution >= 0.6 is 11.8 Å². The molecule has 1 saturated heterocycles. The topological polar surface area (TPSA) is 86.7 Å². The van der Waals surface area contributed by atoms with Crippen LogP contribution in [0.3, 0.4) is 0 Å². The van der Waals surface area contributed by atoms with Crippen molar-refractivity contribution >= 4 is 27.7 Å². The highest BCUT2D eigenvalue weighted by Crippen LogP contribution is 2.12. The Morgan fingerprint density at radius 2 is 2.04 bits per heavy atom. The third-order valence-corrected chi connectivity index (χ3v) is 6.45. The van der Waals surface area contributed by atoms with E-state index < -0.39 is 10.0 Å². The SMILES string of the molecule is CN=C(NCCc1ccccn1)NCCS(=O)(=O)N1CCSCC1. The number of nitrogens with one attached hydrogen (secondary N) is 2. The fraction of sp³-hybridized carbons (Fsp3) is 0.600. The maximum atomic E-state index is 12.3. The first-order valence-electron chi connectivity index (χ1n) is 8.02. The summed E-state index contributed by atoms with van der Waals surface area (Å²) in [6, 6.07) is 5.82. The minimum atomic E-state index is -3.19. The van der Waals surface area contributed by atoms with Gasteiger partial charge < -0.3 is 10.6 Å². The van der Waals surface area contributed by atoms with Gasteiger partial charge in [-0.05, 0) is 12.1 Å². The Morgan fingerprint density at radius 1 is 1.29 bits per heavy atom. The van der Waals surface area contributed by atoms with Gasteiger partial charge in [0.25, 0.3) is 0 Å². The van der Waals surface area contributed by atoms with Gasteiger partial charge >= 0.3 is 0 Å². The summed E-state index contributed by atoms with van der Waals surface area (Å²) in [5.74, 6) is 2.45. The van der Waals surface area contributed by atoms with Crippen LogP contribution in [-0.2, 0) is 16.4 Å².